The average molecular weight is 290 g/mol. The second-order valence-corrected chi connectivity index (χ2v) is 4.96. The number of halogens is 3. The molecule has 0 aliphatic heterocycles. The molecule has 0 fully saturated rings. The fraction of sp³-hybridized carbons (Fsp3) is 0.333. The Hall–Kier alpha value is -1.63. The van der Waals surface area contributed by atoms with Gasteiger partial charge >= 0.3 is 6.18 Å². The van der Waals surface area contributed by atoms with Crippen LogP contribution in [0.5, 0.6) is 0 Å². The minimum Gasteiger partial charge on any atom is -0.392 e. The van der Waals surface area contributed by atoms with Crippen molar-refractivity contribution in [1.82, 2.24) is 0 Å². The summed E-state index contributed by atoms with van der Waals surface area (Å²) in [6.45, 7) is 3.07. The quantitative estimate of drug-likeness (QED) is 0.842. The van der Waals surface area contributed by atoms with Gasteiger partial charge < -0.3 is 11.1 Å². The number of hydrogen-bond donors (Lipinski definition) is 2. The molecule has 7 heteroatoms. The van der Waals surface area contributed by atoms with Crippen LogP contribution < -0.4 is 11.1 Å². The number of benzene rings is 1. The molecule has 0 aliphatic rings. The Bertz CT molecular complexity index is 495. The zero-order chi connectivity index (χ0) is 14.8. The van der Waals surface area contributed by atoms with E-state index in [1.165, 1.54) is 26.0 Å². The normalized spacial score (nSPS) is 12.1. The highest BCUT2D eigenvalue weighted by Gasteiger charge is 2.32. The van der Waals surface area contributed by atoms with Crippen LogP contribution in [0.3, 0.4) is 0 Å². The van der Waals surface area contributed by atoms with Gasteiger partial charge in [0, 0.05) is 5.69 Å². The predicted molar refractivity (Wildman–Crippen MR) is 70.6 cm³/mol. The number of alkyl halides is 3. The third-order valence-electron chi connectivity index (χ3n) is 2.65. The van der Waals surface area contributed by atoms with Crippen LogP contribution in [0, 0.1) is 5.41 Å². The average Bonchev–Trinajstić information content (AvgIpc) is 2.28. The highest BCUT2D eigenvalue weighted by Crippen LogP contribution is 2.30. The van der Waals surface area contributed by atoms with Crippen molar-refractivity contribution in [2.24, 2.45) is 11.1 Å². The van der Waals surface area contributed by atoms with Gasteiger partial charge in [-0.05, 0) is 38.1 Å². The van der Waals surface area contributed by atoms with E-state index in [0.29, 0.717) is 0 Å². The summed E-state index contributed by atoms with van der Waals surface area (Å²) in [5, 5.41) is 2.47. The van der Waals surface area contributed by atoms with Crippen molar-refractivity contribution < 1.29 is 18.0 Å². The van der Waals surface area contributed by atoms with Crippen molar-refractivity contribution in [3.8, 4) is 0 Å². The lowest BCUT2D eigenvalue weighted by atomic mass is 9.92. The zero-order valence-electron chi connectivity index (χ0n) is 10.3. The van der Waals surface area contributed by atoms with Gasteiger partial charge in [-0.1, -0.05) is 12.2 Å². The van der Waals surface area contributed by atoms with E-state index in [1.807, 2.05) is 0 Å². The molecule has 104 valence electrons. The van der Waals surface area contributed by atoms with Gasteiger partial charge in [0.2, 0.25) is 5.91 Å². The van der Waals surface area contributed by atoms with E-state index in [4.69, 9.17) is 18.0 Å². The number of rotatable bonds is 3. The first kappa shape index (κ1) is 15.4. The van der Waals surface area contributed by atoms with E-state index < -0.39 is 23.1 Å². The minimum atomic E-state index is -4.40. The van der Waals surface area contributed by atoms with Gasteiger partial charge in [0.25, 0.3) is 0 Å². The second-order valence-electron chi connectivity index (χ2n) is 4.52. The molecule has 0 aromatic heterocycles. The van der Waals surface area contributed by atoms with E-state index in [1.54, 1.807) is 0 Å². The van der Waals surface area contributed by atoms with Crippen LogP contribution in [-0.2, 0) is 11.0 Å². The van der Waals surface area contributed by atoms with Crippen LogP contribution in [-0.4, -0.2) is 10.9 Å². The Morgan fingerprint density at radius 2 is 1.68 bits per heavy atom. The Morgan fingerprint density at radius 3 is 2.05 bits per heavy atom. The molecule has 0 atom stereocenters. The summed E-state index contributed by atoms with van der Waals surface area (Å²) in [5.41, 5.74) is 3.83. The molecule has 19 heavy (non-hydrogen) atoms. The predicted octanol–water partition coefficient (Wildman–Crippen LogP) is 2.96. The maximum Gasteiger partial charge on any atom is 0.416 e. The number of thiocarbonyl (C=S) groups is 1. The number of amides is 1. The second kappa shape index (κ2) is 5.16. The summed E-state index contributed by atoms with van der Waals surface area (Å²) in [6, 6.07) is 4.14. The molecule has 1 aromatic carbocycles. The van der Waals surface area contributed by atoms with Crippen molar-refractivity contribution in [2.75, 3.05) is 5.32 Å². The minimum absolute atomic E-state index is 0.0110. The van der Waals surface area contributed by atoms with E-state index in [2.05, 4.69) is 5.32 Å². The first-order chi connectivity index (χ1) is 8.55. The van der Waals surface area contributed by atoms with Crippen molar-refractivity contribution in [1.29, 1.82) is 0 Å². The standard InChI is InChI=1S/C12H13F3N2OS/c1-11(2,9(16)19)10(18)17-8-5-3-7(4-6-8)12(13,14)15/h3-6H,1-2H3,(H2,16,19)(H,17,18). The lowest BCUT2D eigenvalue weighted by molar-refractivity contribution is -0.137. The highest BCUT2D eigenvalue weighted by molar-refractivity contribution is 7.80. The molecular formula is C12H13F3N2OS. The van der Waals surface area contributed by atoms with Gasteiger partial charge in [-0.15, -0.1) is 0 Å². The molecule has 0 spiro atoms. The monoisotopic (exact) mass is 290 g/mol. The topological polar surface area (TPSA) is 55.1 Å². The van der Waals surface area contributed by atoms with Crippen LogP contribution in [0.2, 0.25) is 0 Å². The van der Waals surface area contributed by atoms with Gasteiger partial charge in [0.15, 0.2) is 0 Å². The smallest absolute Gasteiger partial charge is 0.392 e. The van der Waals surface area contributed by atoms with Gasteiger partial charge in [0.1, 0.15) is 0 Å². The Balaban J connectivity index is 2.85. The molecule has 0 saturated heterocycles. The van der Waals surface area contributed by atoms with Crippen LogP contribution in [0.4, 0.5) is 18.9 Å². The third kappa shape index (κ3) is 3.66. The number of carbonyl (C=O) groups is 1. The summed E-state index contributed by atoms with van der Waals surface area (Å²) < 4.78 is 37.1. The van der Waals surface area contributed by atoms with Gasteiger partial charge in [0.05, 0.1) is 16.0 Å². The molecule has 0 unspecified atom stereocenters. The van der Waals surface area contributed by atoms with E-state index >= 15 is 0 Å². The van der Waals surface area contributed by atoms with Crippen LogP contribution in [0.15, 0.2) is 24.3 Å². The summed E-state index contributed by atoms with van der Waals surface area (Å²) in [4.78, 5) is 11.9. The van der Waals surface area contributed by atoms with Gasteiger partial charge in [-0.3, -0.25) is 4.79 Å². The molecule has 3 N–H and O–H groups in total. The van der Waals surface area contributed by atoms with Crippen LogP contribution in [0.1, 0.15) is 19.4 Å². The molecule has 1 amide bonds. The van der Waals surface area contributed by atoms with Crippen LogP contribution in [0.25, 0.3) is 0 Å². The summed E-state index contributed by atoms with van der Waals surface area (Å²) in [5.74, 6) is -0.472. The van der Waals surface area contributed by atoms with Crippen molar-refractivity contribution in [3.05, 3.63) is 29.8 Å². The summed E-state index contributed by atoms with van der Waals surface area (Å²) in [6.07, 6.45) is -4.40. The maximum atomic E-state index is 12.4. The first-order valence-corrected chi connectivity index (χ1v) is 5.74. The zero-order valence-corrected chi connectivity index (χ0v) is 11.2. The largest absolute Gasteiger partial charge is 0.416 e. The van der Waals surface area contributed by atoms with E-state index in [0.717, 1.165) is 12.1 Å². The number of nitrogens with one attached hydrogen (secondary N) is 1. The molecule has 0 bridgehead atoms. The molecule has 1 rings (SSSR count). The SMILES string of the molecule is CC(C)(C(=O)Nc1ccc(C(F)(F)F)cc1)C(N)=S. The molecule has 0 radical (unpaired) electrons. The van der Waals surface area contributed by atoms with E-state index in [-0.39, 0.29) is 10.7 Å². The lowest BCUT2D eigenvalue weighted by Crippen LogP contribution is -2.41. The van der Waals surface area contributed by atoms with Crippen LogP contribution >= 0.6 is 12.2 Å². The number of nitrogens with two attached hydrogens (primary N) is 1. The number of carbonyl (C=O) groups excluding carboxylic acids is 1. The van der Waals surface area contributed by atoms with Crippen molar-refractivity contribution >= 4 is 28.8 Å². The maximum absolute atomic E-state index is 12.4. The highest BCUT2D eigenvalue weighted by atomic mass is 32.1. The molecule has 0 heterocycles. The number of hydrogen-bond acceptors (Lipinski definition) is 2. The Morgan fingerprint density at radius 1 is 1.21 bits per heavy atom. The van der Waals surface area contributed by atoms with Gasteiger partial charge in [-0.25, -0.2) is 0 Å². The molecule has 3 nitrogen and oxygen atoms in total. The fourth-order valence-electron chi connectivity index (χ4n) is 1.14. The Labute approximate surface area is 114 Å². The molecule has 0 saturated carbocycles. The summed E-state index contributed by atoms with van der Waals surface area (Å²) >= 11 is 4.76. The molecular weight excluding hydrogens is 277 g/mol. The number of anilines is 1. The van der Waals surface area contributed by atoms with Gasteiger partial charge in [-0.2, -0.15) is 13.2 Å². The van der Waals surface area contributed by atoms with Crippen molar-refractivity contribution in [2.45, 2.75) is 20.0 Å². The first-order valence-electron chi connectivity index (χ1n) is 5.34. The molecule has 1 aromatic rings. The van der Waals surface area contributed by atoms with E-state index in [9.17, 15) is 18.0 Å². The third-order valence-corrected chi connectivity index (χ3v) is 3.16. The Kier molecular flexibility index (Phi) is 4.19. The fourth-order valence-corrected chi connectivity index (χ4v) is 1.23. The molecule has 0 aliphatic carbocycles. The lowest BCUT2D eigenvalue weighted by Gasteiger charge is -2.22. The van der Waals surface area contributed by atoms with Crippen molar-refractivity contribution in [3.63, 3.8) is 0 Å². The summed E-state index contributed by atoms with van der Waals surface area (Å²) in [7, 11) is 0.